The molecule has 0 saturated heterocycles. The van der Waals surface area contributed by atoms with Crippen molar-refractivity contribution in [2.24, 2.45) is 0 Å². The average molecular weight is 444 g/mol. The lowest BCUT2D eigenvalue weighted by Crippen LogP contribution is -2.16. The largest absolute Gasteiger partial charge is 0.280 e. The number of hydrogen-bond donors (Lipinski definition) is 2. The third-order valence-corrected chi connectivity index (χ3v) is 6.62. The smallest absolute Gasteiger partial charge is 0.264 e. The molecule has 1 aromatic heterocycles. The van der Waals surface area contributed by atoms with Crippen LogP contribution in [0.2, 0.25) is 0 Å². The fraction of sp³-hybridized carbons (Fsp3) is 0.105. The number of rotatable bonds is 6. The van der Waals surface area contributed by atoms with Gasteiger partial charge >= 0.3 is 0 Å². The van der Waals surface area contributed by atoms with Crippen LogP contribution < -0.4 is 9.44 Å². The molecule has 0 aliphatic heterocycles. The summed E-state index contributed by atoms with van der Waals surface area (Å²) in [6, 6.07) is 14.3. The first-order valence-electron chi connectivity index (χ1n) is 8.57. The zero-order valence-electron chi connectivity index (χ0n) is 16.0. The number of anilines is 2. The van der Waals surface area contributed by atoms with E-state index in [0.717, 1.165) is 0 Å². The molecule has 0 unspecified atom stereocenters. The van der Waals surface area contributed by atoms with E-state index in [1.54, 1.807) is 19.9 Å². The number of benzene rings is 2. The molecule has 0 radical (unpaired) electrons. The molecule has 0 amide bonds. The lowest BCUT2D eigenvalue weighted by atomic mass is 10.2. The SMILES string of the molecule is Cc1cc(C)nc(NS(=O)(=O)c2ccc(NS(=O)(=O)c3cccc(C#N)c3)cc2)n1. The summed E-state index contributed by atoms with van der Waals surface area (Å²) < 4.78 is 54.7. The summed E-state index contributed by atoms with van der Waals surface area (Å²) in [5.41, 5.74) is 1.61. The van der Waals surface area contributed by atoms with Crippen molar-refractivity contribution in [3.05, 3.63) is 71.5 Å². The monoisotopic (exact) mass is 443 g/mol. The zero-order valence-corrected chi connectivity index (χ0v) is 17.6. The van der Waals surface area contributed by atoms with Crippen LogP contribution in [0.4, 0.5) is 11.6 Å². The van der Waals surface area contributed by atoms with Gasteiger partial charge in [-0.1, -0.05) is 6.07 Å². The second-order valence-corrected chi connectivity index (χ2v) is 9.71. The molecule has 0 saturated carbocycles. The molecule has 11 heteroatoms. The Kier molecular flexibility index (Phi) is 5.73. The Morgan fingerprint density at radius 1 is 0.800 bits per heavy atom. The van der Waals surface area contributed by atoms with Gasteiger partial charge in [0.15, 0.2) is 0 Å². The zero-order chi connectivity index (χ0) is 21.9. The van der Waals surface area contributed by atoms with Crippen LogP contribution in [0.1, 0.15) is 17.0 Å². The normalized spacial score (nSPS) is 11.5. The Labute approximate surface area is 174 Å². The Hall–Kier alpha value is -3.49. The van der Waals surface area contributed by atoms with Crippen LogP contribution in [0.3, 0.4) is 0 Å². The lowest BCUT2D eigenvalue weighted by molar-refractivity contribution is 0.599. The van der Waals surface area contributed by atoms with Gasteiger partial charge in [-0.05, 0) is 62.4 Å². The number of nitrogens with one attached hydrogen (secondary N) is 2. The molecule has 0 atom stereocenters. The van der Waals surface area contributed by atoms with Gasteiger partial charge in [0.2, 0.25) is 5.95 Å². The van der Waals surface area contributed by atoms with Crippen molar-refractivity contribution < 1.29 is 16.8 Å². The van der Waals surface area contributed by atoms with Gasteiger partial charge in [-0.25, -0.2) is 31.5 Å². The van der Waals surface area contributed by atoms with E-state index in [9.17, 15) is 16.8 Å². The van der Waals surface area contributed by atoms with Gasteiger partial charge in [0, 0.05) is 17.1 Å². The summed E-state index contributed by atoms with van der Waals surface area (Å²) in [5, 5.41) is 8.92. The van der Waals surface area contributed by atoms with Crippen molar-refractivity contribution in [2.75, 3.05) is 9.44 Å². The number of sulfonamides is 2. The van der Waals surface area contributed by atoms with Gasteiger partial charge < -0.3 is 0 Å². The Morgan fingerprint density at radius 2 is 1.40 bits per heavy atom. The second-order valence-electron chi connectivity index (χ2n) is 6.35. The fourth-order valence-corrected chi connectivity index (χ4v) is 4.65. The highest BCUT2D eigenvalue weighted by molar-refractivity contribution is 7.93. The Morgan fingerprint density at radius 3 is 2.00 bits per heavy atom. The number of aromatic nitrogens is 2. The molecular weight excluding hydrogens is 426 g/mol. The van der Waals surface area contributed by atoms with E-state index in [0.29, 0.717) is 11.4 Å². The second kappa shape index (κ2) is 8.10. The van der Waals surface area contributed by atoms with Crippen LogP contribution in [0.5, 0.6) is 0 Å². The Balaban J connectivity index is 1.81. The first kappa shape index (κ1) is 21.2. The van der Waals surface area contributed by atoms with Gasteiger partial charge in [-0.3, -0.25) is 4.72 Å². The molecule has 154 valence electrons. The van der Waals surface area contributed by atoms with E-state index < -0.39 is 20.0 Å². The molecule has 3 aromatic rings. The van der Waals surface area contributed by atoms with Crippen molar-refractivity contribution in [2.45, 2.75) is 23.6 Å². The molecule has 0 spiro atoms. The van der Waals surface area contributed by atoms with Crippen LogP contribution in [-0.4, -0.2) is 26.8 Å². The molecule has 0 bridgehead atoms. The minimum atomic E-state index is -3.96. The molecule has 0 aliphatic carbocycles. The minimum absolute atomic E-state index is 0.0466. The van der Waals surface area contributed by atoms with Crippen LogP contribution in [-0.2, 0) is 20.0 Å². The van der Waals surface area contributed by atoms with Crippen LogP contribution >= 0.6 is 0 Å². The molecular formula is C19H17N5O4S2. The predicted octanol–water partition coefficient (Wildman–Crippen LogP) is 2.57. The van der Waals surface area contributed by atoms with Crippen LogP contribution in [0.25, 0.3) is 0 Å². The van der Waals surface area contributed by atoms with Crippen molar-refractivity contribution in [3.8, 4) is 6.07 Å². The molecule has 0 aliphatic rings. The van der Waals surface area contributed by atoms with E-state index in [1.807, 2.05) is 6.07 Å². The molecule has 2 aromatic carbocycles. The van der Waals surface area contributed by atoms with Crippen LogP contribution in [0, 0.1) is 25.2 Å². The highest BCUT2D eigenvalue weighted by Crippen LogP contribution is 2.20. The van der Waals surface area contributed by atoms with E-state index in [-0.39, 0.29) is 27.0 Å². The Bertz CT molecular complexity index is 1330. The summed E-state index contributed by atoms with van der Waals surface area (Å²) in [6.45, 7) is 3.44. The van der Waals surface area contributed by atoms with Crippen LogP contribution in [0.15, 0.2) is 64.4 Å². The molecule has 30 heavy (non-hydrogen) atoms. The third kappa shape index (κ3) is 4.91. The lowest BCUT2D eigenvalue weighted by Gasteiger charge is -2.10. The van der Waals surface area contributed by atoms with Crippen molar-refractivity contribution in [1.29, 1.82) is 5.26 Å². The third-order valence-electron chi connectivity index (χ3n) is 3.90. The summed E-state index contributed by atoms with van der Waals surface area (Å²) in [7, 11) is -7.90. The minimum Gasteiger partial charge on any atom is -0.280 e. The van der Waals surface area contributed by atoms with Gasteiger partial charge in [0.05, 0.1) is 21.4 Å². The van der Waals surface area contributed by atoms with Gasteiger partial charge in [-0.15, -0.1) is 0 Å². The van der Waals surface area contributed by atoms with Gasteiger partial charge in [-0.2, -0.15) is 5.26 Å². The predicted molar refractivity (Wildman–Crippen MR) is 111 cm³/mol. The summed E-state index contributed by atoms with van der Waals surface area (Å²) >= 11 is 0. The van der Waals surface area contributed by atoms with Gasteiger partial charge in [0.25, 0.3) is 20.0 Å². The first-order chi connectivity index (χ1) is 14.1. The molecule has 0 fully saturated rings. The van der Waals surface area contributed by atoms with E-state index >= 15 is 0 Å². The van der Waals surface area contributed by atoms with E-state index in [2.05, 4.69) is 19.4 Å². The van der Waals surface area contributed by atoms with Crippen molar-refractivity contribution in [1.82, 2.24) is 9.97 Å². The number of nitriles is 1. The first-order valence-corrected chi connectivity index (χ1v) is 11.5. The maximum atomic E-state index is 12.6. The number of hydrogen-bond acceptors (Lipinski definition) is 7. The fourth-order valence-electron chi connectivity index (χ4n) is 2.60. The maximum Gasteiger partial charge on any atom is 0.264 e. The van der Waals surface area contributed by atoms with Crippen molar-refractivity contribution in [3.63, 3.8) is 0 Å². The number of aryl methyl sites for hydroxylation is 2. The van der Waals surface area contributed by atoms with E-state index in [1.165, 1.54) is 48.5 Å². The molecule has 2 N–H and O–H groups in total. The number of nitrogens with zero attached hydrogens (tertiary/aromatic N) is 3. The van der Waals surface area contributed by atoms with E-state index in [4.69, 9.17) is 5.26 Å². The highest BCUT2D eigenvalue weighted by atomic mass is 32.2. The average Bonchev–Trinajstić information content (AvgIpc) is 2.67. The maximum absolute atomic E-state index is 12.6. The summed E-state index contributed by atoms with van der Waals surface area (Å²) in [6.07, 6.45) is 0. The quantitative estimate of drug-likeness (QED) is 0.596. The van der Waals surface area contributed by atoms with Gasteiger partial charge in [0.1, 0.15) is 0 Å². The topological polar surface area (TPSA) is 142 Å². The molecule has 9 nitrogen and oxygen atoms in total. The summed E-state index contributed by atoms with van der Waals surface area (Å²) in [4.78, 5) is 7.92. The standard InChI is InChI=1S/C19H17N5O4S2/c1-13-10-14(2)22-19(21-13)24-29(25,26)17-8-6-16(7-9-17)23-30(27,28)18-5-3-4-15(11-18)12-20/h3-11,23H,1-2H3,(H,21,22,24). The highest BCUT2D eigenvalue weighted by Gasteiger charge is 2.18. The molecule has 3 rings (SSSR count). The molecule has 1 heterocycles. The summed E-state index contributed by atoms with van der Waals surface area (Å²) in [5.74, 6) is -0.0466. The van der Waals surface area contributed by atoms with Crippen molar-refractivity contribution >= 4 is 31.7 Å².